The van der Waals surface area contributed by atoms with Crippen LogP contribution in [0.5, 0.6) is 0 Å². The number of aromatic nitrogens is 4. The van der Waals surface area contributed by atoms with Gasteiger partial charge < -0.3 is 0 Å². The molecule has 4 rings (SSSR count). The third-order valence-corrected chi connectivity index (χ3v) is 6.41. The maximum absolute atomic E-state index is 12.5. The minimum atomic E-state index is -0.0939. The van der Waals surface area contributed by atoms with Crippen LogP contribution in [0.4, 0.5) is 0 Å². The summed E-state index contributed by atoms with van der Waals surface area (Å²) in [4.78, 5) is 28.6. The van der Waals surface area contributed by atoms with Crippen molar-refractivity contribution in [3.05, 3.63) is 52.2 Å². The topological polar surface area (TPSA) is 63.9 Å². The Hall–Kier alpha value is -2.08. The minimum Gasteiger partial charge on any atom is -0.299 e. The van der Waals surface area contributed by atoms with Crippen LogP contribution in [-0.4, -0.2) is 37.5 Å². The second-order valence-electron chi connectivity index (χ2n) is 9.81. The molecule has 2 fully saturated rings. The van der Waals surface area contributed by atoms with Gasteiger partial charge in [0.05, 0.1) is 12.0 Å². The lowest BCUT2D eigenvalue weighted by Crippen LogP contribution is -2.36. The standard InChI is InChI=1S/C23H33N5O/c1-23(2,3)20-11-21(29)28(16-26-20)15-17-7-9-27(10-8-17)14-18-12-24-22(25-13-18)19-5-4-6-19/h11-13,16-17,19H,4-10,14-15H2,1-3H3. The molecule has 1 saturated heterocycles. The van der Waals surface area contributed by atoms with E-state index in [4.69, 9.17) is 0 Å². The van der Waals surface area contributed by atoms with Crippen molar-refractivity contribution >= 4 is 0 Å². The summed E-state index contributed by atoms with van der Waals surface area (Å²) >= 11 is 0. The van der Waals surface area contributed by atoms with Crippen LogP contribution < -0.4 is 5.56 Å². The predicted molar refractivity (Wildman–Crippen MR) is 114 cm³/mol. The molecule has 3 heterocycles. The number of piperidine rings is 1. The van der Waals surface area contributed by atoms with Crippen molar-refractivity contribution in [1.82, 2.24) is 24.4 Å². The molecule has 1 aliphatic carbocycles. The average Bonchev–Trinajstić information content (AvgIpc) is 2.64. The maximum Gasteiger partial charge on any atom is 0.253 e. The van der Waals surface area contributed by atoms with Gasteiger partial charge in [0.15, 0.2) is 0 Å². The van der Waals surface area contributed by atoms with Gasteiger partial charge in [0.25, 0.3) is 5.56 Å². The molecule has 2 aliphatic rings. The molecule has 0 spiro atoms. The number of hydrogen-bond donors (Lipinski definition) is 0. The van der Waals surface area contributed by atoms with Crippen LogP contribution in [0.3, 0.4) is 0 Å². The van der Waals surface area contributed by atoms with Crippen molar-refractivity contribution in [2.75, 3.05) is 13.1 Å². The molecule has 156 valence electrons. The van der Waals surface area contributed by atoms with Crippen LogP contribution in [0.1, 0.15) is 75.9 Å². The molecule has 6 nitrogen and oxygen atoms in total. The molecule has 0 radical (unpaired) electrons. The van der Waals surface area contributed by atoms with E-state index >= 15 is 0 Å². The van der Waals surface area contributed by atoms with Gasteiger partial charge in [-0.15, -0.1) is 0 Å². The van der Waals surface area contributed by atoms with Crippen LogP contribution >= 0.6 is 0 Å². The third kappa shape index (κ3) is 4.92. The molecular weight excluding hydrogens is 362 g/mol. The second-order valence-corrected chi connectivity index (χ2v) is 9.81. The molecule has 2 aromatic rings. The van der Waals surface area contributed by atoms with Gasteiger partial charge in [-0.25, -0.2) is 15.0 Å². The molecule has 0 bridgehead atoms. The molecule has 0 atom stereocenters. The van der Waals surface area contributed by atoms with E-state index in [2.05, 4.69) is 40.6 Å². The first kappa shape index (κ1) is 20.2. The Labute approximate surface area is 173 Å². The van der Waals surface area contributed by atoms with Crippen LogP contribution in [0, 0.1) is 5.92 Å². The van der Waals surface area contributed by atoms with Crippen molar-refractivity contribution in [2.24, 2.45) is 5.92 Å². The van der Waals surface area contributed by atoms with E-state index in [1.54, 1.807) is 17.0 Å². The molecule has 29 heavy (non-hydrogen) atoms. The molecular formula is C23H33N5O. The molecule has 0 amide bonds. The fraction of sp³-hybridized carbons (Fsp3) is 0.652. The summed E-state index contributed by atoms with van der Waals surface area (Å²) in [7, 11) is 0. The molecule has 6 heteroatoms. The van der Waals surface area contributed by atoms with Crippen molar-refractivity contribution in [3.63, 3.8) is 0 Å². The largest absolute Gasteiger partial charge is 0.299 e. The first-order valence-corrected chi connectivity index (χ1v) is 11.0. The predicted octanol–water partition coefficient (Wildman–Crippen LogP) is 3.51. The molecule has 0 aromatic carbocycles. The average molecular weight is 396 g/mol. The van der Waals surface area contributed by atoms with Gasteiger partial charge in [-0.05, 0) is 44.7 Å². The van der Waals surface area contributed by atoms with E-state index in [-0.39, 0.29) is 11.0 Å². The van der Waals surface area contributed by atoms with Crippen molar-refractivity contribution < 1.29 is 0 Å². The Morgan fingerprint density at radius 1 is 1.03 bits per heavy atom. The van der Waals surface area contributed by atoms with E-state index in [9.17, 15) is 4.79 Å². The van der Waals surface area contributed by atoms with Gasteiger partial charge in [-0.1, -0.05) is 27.2 Å². The Balaban J connectivity index is 1.28. The van der Waals surface area contributed by atoms with Gasteiger partial charge in [-0.2, -0.15) is 0 Å². The van der Waals surface area contributed by atoms with E-state index in [0.717, 1.165) is 50.5 Å². The van der Waals surface area contributed by atoms with E-state index < -0.39 is 0 Å². The highest BCUT2D eigenvalue weighted by molar-refractivity contribution is 5.11. The number of rotatable bonds is 5. The summed E-state index contributed by atoms with van der Waals surface area (Å²) in [5.41, 5.74) is 2.03. The normalized spacial score (nSPS) is 19.3. The lowest BCUT2D eigenvalue weighted by molar-refractivity contribution is 0.166. The second kappa shape index (κ2) is 8.34. The smallest absolute Gasteiger partial charge is 0.253 e. The van der Waals surface area contributed by atoms with E-state index in [1.807, 2.05) is 12.4 Å². The van der Waals surface area contributed by atoms with Crippen LogP contribution in [0.15, 0.2) is 29.6 Å². The van der Waals surface area contributed by atoms with Gasteiger partial charge in [0.2, 0.25) is 0 Å². The number of likely N-dealkylation sites (tertiary alicyclic amines) is 1. The van der Waals surface area contributed by atoms with Gasteiger partial charge in [0.1, 0.15) is 5.82 Å². The summed E-state index contributed by atoms with van der Waals surface area (Å²) in [5.74, 6) is 2.15. The highest BCUT2D eigenvalue weighted by Crippen LogP contribution is 2.34. The Morgan fingerprint density at radius 2 is 1.72 bits per heavy atom. The molecule has 0 unspecified atom stereocenters. The first-order valence-electron chi connectivity index (χ1n) is 11.0. The SMILES string of the molecule is CC(C)(C)c1cc(=O)n(CC2CCN(Cc3cnc(C4CCC4)nc3)CC2)cn1. The number of hydrogen-bond acceptors (Lipinski definition) is 5. The van der Waals surface area contributed by atoms with Crippen LogP contribution in [0.25, 0.3) is 0 Å². The summed E-state index contributed by atoms with van der Waals surface area (Å²) in [5, 5.41) is 0. The minimum absolute atomic E-state index is 0.0658. The van der Waals surface area contributed by atoms with Crippen molar-refractivity contribution in [3.8, 4) is 0 Å². The van der Waals surface area contributed by atoms with E-state index in [0.29, 0.717) is 11.8 Å². The Bertz CT molecular complexity index is 871. The summed E-state index contributed by atoms with van der Waals surface area (Å²) < 4.78 is 1.78. The zero-order valence-corrected chi connectivity index (χ0v) is 18.0. The zero-order valence-electron chi connectivity index (χ0n) is 18.0. The summed E-state index contributed by atoms with van der Waals surface area (Å²) in [6, 6.07) is 1.70. The summed E-state index contributed by atoms with van der Waals surface area (Å²) in [6.45, 7) is 10.0. The van der Waals surface area contributed by atoms with Crippen LogP contribution in [0.2, 0.25) is 0 Å². The Kier molecular flexibility index (Phi) is 5.81. The van der Waals surface area contributed by atoms with Gasteiger partial charge in [-0.3, -0.25) is 14.3 Å². The highest BCUT2D eigenvalue weighted by atomic mass is 16.1. The highest BCUT2D eigenvalue weighted by Gasteiger charge is 2.23. The maximum atomic E-state index is 12.5. The van der Waals surface area contributed by atoms with Crippen molar-refractivity contribution in [2.45, 2.75) is 77.3 Å². The lowest BCUT2D eigenvalue weighted by Gasteiger charge is -2.32. The number of nitrogens with zero attached hydrogens (tertiary/aromatic N) is 5. The third-order valence-electron chi connectivity index (χ3n) is 6.41. The van der Waals surface area contributed by atoms with Crippen LogP contribution in [-0.2, 0) is 18.5 Å². The quantitative estimate of drug-likeness (QED) is 0.775. The van der Waals surface area contributed by atoms with Crippen molar-refractivity contribution in [1.29, 1.82) is 0 Å². The summed E-state index contributed by atoms with van der Waals surface area (Å²) in [6.07, 6.45) is 11.8. The zero-order chi connectivity index (χ0) is 20.4. The van der Waals surface area contributed by atoms with Gasteiger partial charge in [0, 0.05) is 48.4 Å². The van der Waals surface area contributed by atoms with E-state index in [1.165, 1.54) is 24.8 Å². The lowest BCUT2D eigenvalue weighted by atomic mass is 9.85. The fourth-order valence-corrected chi connectivity index (χ4v) is 4.16. The fourth-order valence-electron chi connectivity index (χ4n) is 4.16. The molecule has 1 saturated carbocycles. The first-order chi connectivity index (χ1) is 13.9. The molecule has 1 aliphatic heterocycles. The Morgan fingerprint density at radius 3 is 2.28 bits per heavy atom. The molecule has 0 N–H and O–H groups in total. The van der Waals surface area contributed by atoms with Gasteiger partial charge >= 0.3 is 0 Å². The monoisotopic (exact) mass is 395 g/mol. The molecule has 2 aromatic heterocycles.